The molecule has 0 saturated carbocycles. The first-order chi connectivity index (χ1) is 16.9. The molecular formula is C21H12Cl6N4O5. The fraction of sp³-hybridized carbons (Fsp3) is 0.0952. The van der Waals surface area contributed by atoms with Crippen molar-refractivity contribution in [3.05, 3.63) is 75.4 Å². The van der Waals surface area contributed by atoms with Gasteiger partial charge >= 0.3 is 11.9 Å². The molecule has 0 aliphatic rings. The van der Waals surface area contributed by atoms with E-state index in [-0.39, 0.29) is 16.5 Å². The van der Waals surface area contributed by atoms with E-state index in [1.165, 1.54) is 18.2 Å². The Balaban J connectivity index is 0.000000205. The molecule has 0 fully saturated rings. The summed E-state index contributed by atoms with van der Waals surface area (Å²) in [6.07, 6.45) is 1.60. The van der Waals surface area contributed by atoms with Crippen molar-refractivity contribution in [3.63, 3.8) is 0 Å². The molecule has 0 bridgehead atoms. The number of hydrogen-bond acceptors (Lipinski definition) is 6. The van der Waals surface area contributed by atoms with Gasteiger partial charge in [0.1, 0.15) is 11.3 Å². The summed E-state index contributed by atoms with van der Waals surface area (Å²) in [6.45, 7) is -0.396. The van der Waals surface area contributed by atoms with Crippen LogP contribution >= 0.6 is 69.6 Å². The smallest absolute Gasteiger partial charge is 0.375 e. The number of ether oxygens (including phenoxy) is 1. The van der Waals surface area contributed by atoms with Gasteiger partial charge in [0.2, 0.25) is 3.79 Å². The predicted octanol–water partition coefficient (Wildman–Crippen LogP) is 6.45. The van der Waals surface area contributed by atoms with Gasteiger partial charge in [0.05, 0.1) is 15.7 Å². The predicted molar refractivity (Wildman–Crippen MR) is 137 cm³/mol. The van der Waals surface area contributed by atoms with E-state index < -0.39 is 28.2 Å². The third kappa shape index (κ3) is 6.82. The van der Waals surface area contributed by atoms with Gasteiger partial charge in [-0.1, -0.05) is 69.6 Å². The minimum atomic E-state index is -1.97. The number of aliphatic carboxylic acids is 1. The number of aromatic carboxylic acids is 1. The van der Waals surface area contributed by atoms with E-state index in [1.807, 2.05) is 0 Å². The number of pyridine rings is 1. The Morgan fingerprint density at radius 2 is 1.72 bits per heavy atom. The molecule has 0 aliphatic carbocycles. The number of nitrogens with zero attached hydrogens (tertiary/aromatic N) is 4. The first kappa shape index (κ1) is 28.0. The number of halogens is 6. The third-order valence-electron chi connectivity index (χ3n) is 4.22. The molecule has 4 aromatic rings. The summed E-state index contributed by atoms with van der Waals surface area (Å²) in [6, 6.07) is 11.3. The molecule has 0 saturated heterocycles. The monoisotopic (exact) mass is 610 g/mol. The molecule has 188 valence electrons. The zero-order chi connectivity index (χ0) is 26.6. The van der Waals surface area contributed by atoms with Crippen LogP contribution in [-0.4, -0.2) is 48.5 Å². The van der Waals surface area contributed by atoms with Crippen molar-refractivity contribution in [2.75, 3.05) is 6.61 Å². The number of benzene rings is 2. The van der Waals surface area contributed by atoms with Gasteiger partial charge in [0, 0.05) is 16.6 Å². The van der Waals surface area contributed by atoms with Gasteiger partial charge in [0.15, 0.2) is 12.4 Å². The van der Waals surface area contributed by atoms with Gasteiger partial charge < -0.3 is 14.9 Å². The number of carboxylic acid groups (broad SMARTS) is 2. The van der Waals surface area contributed by atoms with E-state index in [0.29, 0.717) is 21.3 Å². The number of hydrogen-bond donors (Lipinski definition) is 2. The fourth-order valence-electron chi connectivity index (χ4n) is 2.78. The Bertz CT molecular complexity index is 1440. The van der Waals surface area contributed by atoms with Gasteiger partial charge in [-0.3, -0.25) is 4.98 Å². The second kappa shape index (κ2) is 11.7. The molecule has 15 heteroatoms. The van der Waals surface area contributed by atoms with Crippen LogP contribution in [0.5, 0.6) is 5.75 Å². The highest BCUT2D eigenvalue weighted by molar-refractivity contribution is 6.66. The number of rotatable bonds is 5. The van der Waals surface area contributed by atoms with Crippen LogP contribution < -0.4 is 4.74 Å². The first-order valence-corrected chi connectivity index (χ1v) is 11.8. The lowest BCUT2D eigenvalue weighted by atomic mass is 10.2. The molecule has 2 aromatic carbocycles. The molecular weight excluding hydrogens is 601 g/mol. The summed E-state index contributed by atoms with van der Waals surface area (Å²) >= 11 is 35.1. The zero-order valence-electron chi connectivity index (χ0n) is 17.5. The van der Waals surface area contributed by atoms with Gasteiger partial charge in [-0.25, -0.2) is 19.3 Å². The van der Waals surface area contributed by atoms with Crippen LogP contribution in [0.3, 0.4) is 0 Å². The van der Waals surface area contributed by atoms with Crippen LogP contribution in [0.2, 0.25) is 15.1 Å². The van der Waals surface area contributed by atoms with Crippen LogP contribution in [0, 0.1) is 0 Å². The molecule has 2 N–H and O–H groups in total. The molecule has 36 heavy (non-hydrogen) atoms. The van der Waals surface area contributed by atoms with E-state index in [1.54, 1.807) is 30.5 Å². The molecule has 2 heterocycles. The third-order valence-corrected chi connectivity index (χ3v) is 5.59. The fourth-order valence-corrected chi connectivity index (χ4v) is 3.85. The lowest BCUT2D eigenvalue weighted by Gasteiger charge is -2.12. The second-order valence-corrected chi connectivity index (χ2v) is 10.2. The Kier molecular flexibility index (Phi) is 9.10. The number of aromatic nitrogens is 4. The van der Waals surface area contributed by atoms with E-state index >= 15 is 0 Å². The van der Waals surface area contributed by atoms with Gasteiger partial charge in [-0.2, -0.15) is 0 Å². The van der Waals surface area contributed by atoms with E-state index in [0.717, 1.165) is 10.1 Å². The summed E-state index contributed by atoms with van der Waals surface area (Å²) in [4.78, 5) is 29.1. The van der Waals surface area contributed by atoms with Crippen molar-refractivity contribution in [3.8, 4) is 11.4 Å². The van der Waals surface area contributed by atoms with Crippen LogP contribution in [0.4, 0.5) is 0 Å². The topological polar surface area (TPSA) is 127 Å². The molecule has 0 radical (unpaired) electrons. The van der Waals surface area contributed by atoms with Crippen LogP contribution in [0.1, 0.15) is 16.4 Å². The van der Waals surface area contributed by atoms with Gasteiger partial charge in [-0.15, -0.1) is 5.10 Å². The first-order valence-electron chi connectivity index (χ1n) is 9.49. The maximum absolute atomic E-state index is 10.9. The molecule has 0 unspecified atom stereocenters. The maximum atomic E-state index is 10.9. The van der Waals surface area contributed by atoms with Crippen LogP contribution in [-0.2, 0) is 8.59 Å². The van der Waals surface area contributed by atoms with Crippen molar-refractivity contribution in [2.45, 2.75) is 3.79 Å². The second-order valence-electron chi connectivity index (χ2n) is 6.70. The number of carbonyl (C=O) groups is 2. The van der Waals surface area contributed by atoms with Crippen molar-refractivity contribution in [2.24, 2.45) is 0 Å². The summed E-state index contributed by atoms with van der Waals surface area (Å²) in [7, 11) is 0. The number of alkyl halides is 3. The van der Waals surface area contributed by atoms with E-state index in [4.69, 9.17) is 84.6 Å². The van der Waals surface area contributed by atoms with Crippen molar-refractivity contribution in [1.29, 1.82) is 0 Å². The molecule has 9 nitrogen and oxygen atoms in total. The van der Waals surface area contributed by atoms with Gasteiger partial charge in [-0.05, 0) is 42.5 Å². The normalized spacial score (nSPS) is 11.1. The summed E-state index contributed by atoms with van der Waals surface area (Å²) < 4.78 is 4.20. The number of carboxylic acids is 2. The Morgan fingerprint density at radius 3 is 2.33 bits per heavy atom. The number of fused-ring (bicyclic) bond motifs is 1. The largest absolute Gasteiger partial charge is 0.480 e. The van der Waals surface area contributed by atoms with Crippen LogP contribution in [0.25, 0.3) is 16.6 Å². The molecule has 4 rings (SSSR count). The quantitative estimate of drug-likeness (QED) is 0.246. The van der Waals surface area contributed by atoms with Gasteiger partial charge in [0.25, 0.3) is 5.82 Å². The Labute approximate surface area is 233 Å². The summed E-state index contributed by atoms with van der Waals surface area (Å²) in [5.41, 5.74) is 0.855. The molecule has 2 aromatic heterocycles. The lowest BCUT2D eigenvalue weighted by Crippen LogP contribution is -2.12. The highest BCUT2D eigenvalue weighted by Gasteiger charge is 2.33. The minimum absolute atomic E-state index is 0.191. The van der Waals surface area contributed by atoms with Crippen LogP contribution in [0.15, 0.2) is 48.7 Å². The standard InChI is InChI=1S/C11H8ClNO3.C10H4Cl5N3O2/c12-8-3-4-9(16-6-10(14)15)11-7(8)2-1-5-13-11;11-4-1-2-6(5(12)3-4)18-9(10(13,14)15)16-7(17-18)8(19)20/h1-5H,6H2,(H,14,15);1-3H,(H,19,20). The molecule has 0 spiro atoms. The average molecular weight is 613 g/mol. The van der Waals surface area contributed by atoms with Crippen molar-refractivity contribution < 1.29 is 24.5 Å². The highest BCUT2D eigenvalue weighted by atomic mass is 35.6. The lowest BCUT2D eigenvalue weighted by molar-refractivity contribution is -0.139. The van der Waals surface area contributed by atoms with E-state index in [2.05, 4.69) is 15.1 Å². The molecule has 0 atom stereocenters. The molecule has 0 amide bonds. The van der Waals surface area contributed by atoms with Crippen molar-refractivity contribution >= 4 is 92.4 Å². The highest BCUT2D eigenvalue weighted by Crippen LogP contribution is 2.39. The summed E-state index contributed by atoms with van der Waals surface area (Å²) in [5.74, 6) is -2.67. The molecule has 0 aliphatic heterocycles. The zero-order valence-corrected chi connectivity index (χ0v) is 22.0. The maximum Gasteiger partial charge on any atom is 0.375 e. The Morgan fingerprint density at radius 1 is 1.00 bits per heavy atom. The minimum Gasteiger partial charge on any atom is -0.480 e. The summed E-state index contributed by atoms with van der Waals surface area (Å²) in [5, 5.41) is 23.1. The van der Waals surface area contributed by atoms with E-state index in [9.17, 15) is 9.59 Å². The van der Waals surface area contributed by atoms with Crippen molar-refractivity contribution in [1.82, 2.24) is 19.7 Å². The SMILES string of the molecule is O=C(O)COc1ccc(Cl)c2cccnc12.O=C(O)c1nc(C(Cl)(Cl)Cl)n(-c2ccc(Cl)cc2Cl)n1. The average Bonchev–Trinajstić information content (AvgIpc) is 3.25. The Hall–Kier alpha value is -2.53.